The predicted octanol–water partition coefficient (Wildman–Crippen LogP) is 1.97. The third kappa shape index (κ3) is 7.08. The lowest BCUT2D eigenvalue weighted by atomic mass is 9.98. The van der Waals surface area contributed by atoms with E-state index in [-0.39, 0.29) is 6.04 Å². The van der Waals surface area contributed by atoms with Gasteiger partial charge in [-0.15, -0.1) is 0 Å². The average molecular weight is 320 g/mol. The first kappa shape index (κ1) is 18.9. The van der Waals surface area contributed by atoms with Crippen LogP contribution in [0.2, 0.25) is 0 Å². The molecule has 0 aromatic carbocycles. The van der Waals surface area contributed by atoms with Crippen molar-refractivity contribution in [2.45, 2.75) is 59.4 Å². The van der Waals surface area contributed by atoms with E-state index in [0.717, 1.165) is 38.8 Å². The van der Waals surface area contributed by atoms with E-state index in [2.05, 4.69) is 30.8 Å². The Labute approximate surface area is 131 Å². The summed E-state index contributed by atoms with van der Waals surface area (Å²) in [5.74, 6) is 1.22. The van der Waals surface area contributed by atoms with Gasteiger partial charge in [0.05, 0.1) is 0 Å². The molecule has 5 nitrogen and oxygen atoms in total. The van der Waals surface area contributed by atoms with Crippen molar-refractivity contribution in [3.63, 3.8) is 0 Å². The van der Waals surface area contributed by atoms with E-state index in [9.17, 15) is 8.42 Å². The molecule has 1 atom stereocenters. The zero-order valence-corrected chi connectivity index (χ0v) is 14.9. The summed E-state index contributed by atoms with van der Waals surface area (Å²) in [5, 5.41) is 3.35. The molecule has 2 N–H and O–H groups in total. The van der Waals surface area contributed by atoms with Gasteiger partial charge in [0.15, 0.2) is 0 Å². The molecule has 0 aromatic heterocycles. The van der Waals surface area contributed by atoms with E-state index in [0.29, 0.717) is 24.9 Å². The summed E-state index contributed by atoms with van der Waals surface area (Å²) in [5.41, 5.74) is 0. The standard InChI is InChI=1S/C15H33N3O2S/c1-5-16-12-15-8-10-18(11-9-15)21(19,20)17-14(4)7-6-13(2)3/h13-17H,5-12H2,1-4H3. The van der Waals surface area contributed by atoms with Crippen molar-refractivity contribution in [2.75, 3.05) is 26.2 Å². The first-order chi connectivity index (χ1) is 9.85. The van der Waals surface area contributed by atoms with Crippen molar-refractivity contribution in [2.24, 2.45) is 11.8 Å². The lowest BCUT2D eigenvalue weighted by Crippen LogP contribution is -2.48. The molecule has 0 spiro atoms. The van der Waals surface area contributed by atoms with E-state index < -0.39 is 10.2 Å². The fraction of sp³-hybridized carbons (Fsp3) is 1.00. The fourth-order valence-corrected chi connectivity index (χ4v) is 4.14. The molecular formula is C15H33N3O2S. The maximum atomic E-state index is 12.4. The van der Waals surface area contributed by atoms with E-state index in [1.807, 2.05) is 6.92 Å². The van der Waals surface area contributed by atoms with Gasteiger partial charge in [-0.05, 0) is 57.5 Å². The maximum absolute atomic E-state index is 12.4. The Morgan fingerprint density at radius 3 is 2.29 bits per heavy atom. The van der Waals surface area contributed by atoms with Crippen LogP contribution in [-0.2, 0) is 10.2 Å². The molecule has 1 heterocycles. The molecule has 1 saturated heterocycles. The van der Waals surface area contributed by atoms with Crippen LogP contribution in [0.4, 0.5) is 0 Å². The van der Waals surface area contributed by atoms with E-state index in [4.69, 9.17) is 0 Å². The minimum absolute atomic E-state index is 0.0110. The number of hydrogen-bond donors (Lipinski definition) is 2. The largest absolute Gasteiger partial charge is 0.317 e. The molecule has 21 heavy (non-hydrogen) atoms. The molecule has 1 aliphatic rings. The molecule has 0 bridgehead atoms. The fourth-order valence-electron chi connectivity index (χ4n) is 2.67. The first-order valence-electron chi connectivity index (χ1n) is 8.33. The molecule has 0 amide bonds. The van der Waals surface area contributed by atoms with Crippen molar-refractivity contribution in [1.29, 1.82) is 0 Å². The summed E-state index contributed by atoms with van der Waals surface area (Å²) in [6.07, 6.45) is 3.85. The zero-order chi connectivity index (χ0) is 15.9. The van der Waals surface area contributed by atoms with Crippen LogP contribution >= 0.6 is 0 Å². The van der Waals surface area contributed by atoms with Gasteiger partial charge in [-0.25, -0.2) is 0 Å². The molecule has 1 rings (SSSR count). The van der Waals surface area contributed by atoms with Crippen LogP contribution < -0.4 is 10.0 Å². The van der Waals surface area contributed by atoms with Gasteiger partial charge in [0, 0.05) is 19.1 Å². The molecule has 0 aromatic rings. The highest BCUT2D eigenvalue weighted by Crippen LogP contribution is 2.19. The number of nitrogens with one attached hydrogen (secondary N) is 2. The van der Waals surface area contributed by atoms with Crippen LogP contribution in [-0.4, -0.2) is 44.9 Å². The van der Waals surface area contributed by atoms with E-state index in [1.165, 1.54) is 0 Å². The Morgan fingerprint density at radius 1 is 1.14 bits per heavy atom. The summed E-state index contributed by atoms with van der Waals surface area (Å²) in [6.45, 7) is 11.6. The van der Waals surface area contributed by atoms with Crippen LogP contribution in [0, 0.1) is 11.8 Å². The second-order valence-corrected chi connectivity index (χ2v) is 8.35. The van der Waals surface area contributed by atoms with Crippen LogP contribution in [0.3, 0.4) is 0 Å². The average Bonchev–Trinajstić information content (AvgIpc) is 2.43. The molecule has 0 aliphatic carbocycles. The van der Waals surface area contributed by atoms with Crippen LogP contribution in [0.15, 0.2) is 0 Å². The van der Waals surface area contributed by atoms with Crippen molar-refractivity contribution in [1.82, 2.24) is 14.3 Å². The van der Waals surface area contributed by atoms with Gasteiger partial charge in [-0.1, -0.05) is 20.8 Å². The summed E-state index contributed by atoms with van der Waals surface area (Å²) in [7, 11) is -3.31. The Morgan fingerprint density at radius 2 is 1.76 bits per heavy atom. The minimum atomic E-state index is -3.31. The summed E-state index contributed by atoms with van der Waals surface area (Å²) in [4.78, 5) is 0. The van der Waals surface area contributed by atoms with Crippen molar-refractivity contribution in [3.8, 4) is 0 Å². The van der Waals surface area contributed by atoms with Gasteiger partial charge in [0.25, 0.3) is 10.2 Å². The second-order valence-electron chi connectivity index (χ2n) is 6.65. The van der Waals surface area contributed by atoms with Crippen LogP contribution in [0.5, 0.6) is 0 Å². The zero-order valence-electron chi connectivity index (χ0n) is 14.1. The highest BCUT2D eigenvalue weighted by molar-refractivity contribution is 7.87. The van der Waals surface area contributed by atoms with Gasteiger partial charge in [0.1, 0.15) is 0 Å². The Kier molecular flexibility index (Phi) is 8.16. The van der Waals surface area contributed by atoms with Gasteiger partial charge in [-0.3, -0.25) is 0 Å². The highest BCUT2D eigenvalue weighted by atomic mass is 32.2. The second kappa shape index (κ2) is 9.08. The van der Waals surface area contributed by atoms with Gasteiger partial charge >= 0.3 is 0 Å². The monoisotopic (exact) mass is 319 g/mol. The number of nitrogens with zero attached hydrogens (tertiary/aromatic N) is 1. The van der Waals surface area contributed by atoms with E-state index in [1.54, 1.807) is 4.31 Å². The smallest absolute Gasteiger partial charge is 0.279 e. The van der Waals surface area contributed by atoms with Gasteiger partial charge < -0.3 is 5.32 Å². The minimum Gasteiger partial charge on any atom is -0.317 e. The molecule has 1 fully saturated rings. The molecule has 126 valence electrons. The lowest BCUT2D eigenvalue weighted by Gasteiger charge is -2.32. The summed E-state index contributed by atoms with van der Waals surface area (Å²) < 4.78 is 29.2. The third-order valence-electron chi connectivity index (χ3n) is 4.12. The molecule has 0 saturated carbocycles. The third-order valence-corrected chi connectivity index (χ3v) is 5.87. The predicted molar refractivity (Wildman–Crippen MR) is 88.4 cm³/mol. The highest BCUT2D eigenvalue weighted by Gasteiger charge is 2.28. The number of hydrogen-bond acceptors (Lipinski definition) is 3. The molecular weight excluding hydrogens is 286 g/mol. The normalized spacial score (nSPS) is 20.0. The Hall–Kier alpha value is -0.170. The maximum Gasteiger partial charge on any atom is 0.279 e. The Balaban J connectivity index is 2.38. The molecule has 6 heteroatoms. The summed E-state index contributed by atoms with van der Waals surface area (Å²) in [6, 6.07) is 0.0110. The molecule has 1 unspecified atom stereocenters. The number of piperidine rings is 1. The van der Waals surface area contributed by atoms with E-state index >= 15 is 0 Å². The van der Waals surface area contributed by atoms with Crippen LogP contribution in [0.1, 0.15) is 53.4 Å². The Bertz CT molecular complexity index is 376. The quantitative estimate of drug-likeness (QED) is 0.683. The van der Waals surface area contributed by atoms with Crippen molar-refractivity contribution in [3.05, 3.63) is 0 Å². The molecule has 0 radical (unpaired) electrons. The van der Waals surface area contributed by atoms with Crippen molar-refractivity contribution < 1.29 is 8.42 Å². The van der Waals surface area contributed by atoms with Gasteiger partial charge in [-0.2, -0.15) is 17.4 Å². The number of rotatable bonds is 9. The van der Waals surface area contributed by atoms with Crippen LogP contribution in [0.25, 0.3) is 0 Å². The topological polar surface area (TPSA) is 61.4 Å². The SMILES string of the molecule is CCNCC1CCN(S(=O)(=O)NC(C)CCC(C)C)CC1. The molecule has 1 aliphatic heterocycles. The van der Waals surface area contributed by atoms with Gasteiger partial charge in [0.2, 0.25) is 0 Å². The first-order valence-corrected chi connectivity index (χ1v) is 9.77. The summed E-state index contributed by atoms with van der Waals surface area (Å²) >= 11 is 0. The van der Waals surface area contributed by atoms with Crippen molar-refractivity contribution >= 4 is 10.2 Å². The lowest BCUT2D eigenvalue weighted by molar-refractivity contribution is 0.264.